The first-order valence-electron chi connectivity index (χ1n) is 7.78. The predicted molar refractivity (Wildman–Crippen MR) is 96.0 cm³/mol. The van der Waals surface area contributed by atoms with E-state index in [0.29, 0.717) is 6.54 Å². The van der Waals surface area contributed by atoms with E-state index in [-0.39, 0.29) is 0 Å². The van der Waals surface area contributed by atoms with Crippen LogP contribution in [0.2, 0.25) is 0 Å². The van der Waals surface area contributed by atoms with E-state index in [4.69, 9.17) is 10.7 Å². The molecule has 0 saturated heterocycles. The molecule has 0 radical (unpaired) electrons. The molecule has 0 amide bonds. The highest BCUT2D eigenvalue weighted by molar-refractivity contribution is 5.73. The Balaban J connectivity index is 1.82. The molecule has 0 fully saturated rings. The highest BCUT2D eigenvalue weighted by Crippen LogP contribution is 2.25. The van der Waals surface area contributed by atoms with E-state index in [1.54, 1.807) is 6.20 Å². The van der Waals surface area contributed by atoms with Gasteiger partial charge in [0.2, 0.25) is 0 Å². The lowest BCUT2D eigenvalue weighted by molar-refractivity contribution is 1.07. The van der Waals surface area contributed by atoms with Gasteiger partial charge in [-0.05, 0) is 23.8 Å². The zero-order valence-corrected chi connectivity index (χ0v) is 13.1. The van der Waals surface area contributed by atoms with E-state index in [9.17, 15) is 0 Å². The molecule has 4 rings (SSSR count). The highest BCUT2D eigenvalue weighted by Gasteiger charge is 2.09. The summed E-state index contributed by atoms with van der Waals surface area (Å²) in [7, 11) is 0. The van der Waals surface area contributed by atoms with Gasteiger partial charge in [0.05, 0.1) is 5.69 Å². The van der Waals surface area contributed by atoms with Crippen LogP contribution in [0.1, 0.15) is 5.56 Å². The van der Waals surface area contributed by atoms with Crippen LogP contribution in [0, 0.1) is 0 Å². The van der Waals surface area contributed by atoms with Gasteiger partial charge in [-0.3, -0.25) is 0 Å². The van der Waals surface area contributed by atoms with Crippen molar-refractivity contribution in [2.45, 2.75) is 6.54 Å². The molecule has 0 aliphatic heterocycles. The zero-order chi connectivity index (χ0) is 16.4. The van der Waals surface area contributed by atoms with Gasteiger partial charge >= 0.3 is 0 Å². The fourth-order valence-corrected chi connectivity index (χ4v) is 2.67. The minimum absolute atomic E-state index is 0.510. The number of anilines is 2. The second kappa shape index (κ2) is 6.14. The summed E-state index contributed by atoms with van der Waals surface area (Å²) >= 11 is 0. The van der Waals surface area contributed by atoms with Crippen LogP contribution in [0.5, 0.6) is 0 Å². The molecule has 0 unspecified atom stereocenters. The lowest BCUT2D eigenvalue weighted by Gasteiger charge is -2.10. The maximum absolute atomic E-state index is 5.75. The third-order valence-corrected chi connectivity index (χ3v) is 3.87. The van der Waals surface area contributed by atoms with Crippen LogP contribution < -0.4 is 11.1 Å². The molecular formula is C19H17N5. The van der Waals surface area contributed by atoms with Gasteiger partial charge in [-0.25, -0.2) is 9.97 Å². The van der Waals surface area contributed by atoms with Crippen molar-refractivity contribution in [2.24, 2.45) is 5.73 Å². The van der Waals surface area contributed by atoms with Gasteiger partial charge in [-0.15, -0.1) is 0 Å². The molecular weight excluding hydrogens is 298 g/mol. The average Bonchev–Trinajstić information content (AvgIpc) is 3.11. The quantitative estimate of drug-likeness (QED) is 0.604. The van der Waals surface area contributed by atoms with Crippen LogP contribution >= 0.6 is 0 Å². The van der Waals surface area contributed by atoms with Gasteiger partial charge in [0, 0.05) is 36.4 Å². The summed E-state index contributed by atoms with van der Waals surface area (Å²) in [5.41, 5.74) is 10.5. The first-order chi connectivity index (χ1) is 11.8. The van der Waals surface area contributed by atoms with Crippen LogP contribution in [0.3, 0.4) is 0 Å². The fraction of sp³-hybridized carbons (Fsp3) is 0.0526. The van der Waals surface area contributed by atoms with E-state index >= 15 is 0 Å². The number of fused-ring (bicyclic) bond motifs is 1. The summed E-state index contributed by atoms with van der Waals surface area (Å²) in [6, 6.07) is 18.1. The van der Waals surface area contributed by atoms with Crippen LogP contribution in [-0.4, -0.2) is 14.4 Å². The van der Waals surface area contributed by atoms with E-state index < -0.39 is 0 Å². The van der Waals surface area contributed by atoms with Crippen molar-refractivity contribution in [3.05, 3.63) is 78.8 Å². The standard InChI is InChI=1S/C19H17N5/c20-12-14-5-4-6-15(11-14)17-13-24-10-9-21-19(24)18(23-17)22-16-7-2-1-3-8-16/h1-11,13H,12,20H2,(H,22,23). The lowest BCUT2D eigenvalue weighted by atomic mass is 10.1. The third-order valence-electron chi connectivity index (χ3n) is 3.87. The molecule has 0 aliphatic rings. The molecule has 2 aromatic carbocycles. The lowest BCUT2D eigenvalue weighted by Crippen LogP contribution is -2.01. The second-order valence-corrected chi connectivity index (χ2v) is 5.53. The van der Waals surface area contributed by atoms with E-state index in [2.05, 4.69) is 16.4 Å². The van der Waals surface area contributed by atoms with Crippen molar-refractivity contribution in [3.63, 3.8) is 0 Å². The first-order valence-corrected chi connectivity index (χ1v) is 7.78. The van der Waals surface area contributed by atoms with Crippen molar-refractivity contribution in [3.8, 4) is 11.3 Å². The maximum atomic E-state index is 5.75. The molecule has 0 saturated carbocycles. The fourth-order valence-electron chi connectivity index (χ4n) is 2.67. The molecule has 2 heterocycles. The van der Waals surface area contributed by atoms with Crippen LogP contribution in [0.15, 0.2) is 73.2 Å². The molecule has 0 aliphatic carbocycles. The van der Waals surface area contributed by atoms with Crippen LogP contribution in [-0.2, 0) is 6.54 Å². The summed E-state index contributed by atoms with van der Waals surface area (Å²) in [5.74, 6) is 0.724. The highest BCUT2D eigenvalue weighted by atomic mass is 15.1. The number of rotatable bonds is 4. The van der Waals surface area contributed by atoms with E-state index in [0.717, 1.165) is 34.0 Å². The number of benzene rings is 2. The molecule has 4 aromatic rings. The number of imidazole rings is 1. The molecule has 5 heteroatoms. The van der Waals surface area contributed by atoms with Crippen LogP contribution in [0.4, 0.5) is 11.5 Å². The van der Waals surface area contributed by atoms with Crippen molar-refractivity contribution >= 4 is 17.2 Å². The Morgan fingerprint density at radius 3 is 2.75 bits per heavy atom. The van der Waals surface area contributed by atoms with Gasteiger partial charge in [-0.1, -0.05) is 36.4 Å². The number of hydrogen-bond acceptors (Lipinski definition) is 4. The monoisotopic (exact) mass is 315 g/mol. The number of nitrogens with zero attached hydrogens (tertiary/aromatic N) is 3. The smallest absolute Gasteiger partial charge is 0.180 e. The Morgan fingerprint density at radius 2 is 1.92 bits per heavy atom. The molecule has 3 N–H and O–H groups in total. The predicted octanol–water partition coefficient (Wildman–Crippen LogP) is 3.60. The van der Waals surface area contributed by atoms with Crippen LogP contribution in [0.25, 0.3) is 16.9 Å². The molecule has 118 valence electrons. The molecule has 0 spiro atoms. The summed E-state index contributed by atoms with van der Waals surface area (Å²) in [4.78, 5) is 9.18. The number of nitrogens with two attached hydrogens (primary N) is 1. The molecule has 24 heavy (non-hydrogen) atoms. The Kier molecular flexibility index (Phi) is 3.69. The largest absolute Gasteiger partial charge is 0.337 e. The third kappa shape index (κ3) is 2.73. The second-order valence-electron chi connectivity index (χ2n) is 5.53. The molecule has 0 bridgehead atoms. The van der Waals surface area contributed by atoms with Crippen molar-refractivity contribution < 1.29 is 0 Å². The number of hydrogen-bond donors (Lipinski definition) is 2. The SMILES string of the molecule is NCc1cccc(-c2cn3ccnc3c(Nc3ccccc3)n2)c1. The maximum Gasteiger partial charge on any atom is 0.180 e. The Bertz CT molecular complexity index is 975. The van der Waals surface area contributed by atoms with Gasteiger partial charge in [-0.2, -0.15) is 0 Å². The Morgan fingerprint density at radius 1 is 1.04 bits per heavy atom. The first kappa shape index (κ1) is 14.4. The summed E-state index contributed by atoms with van der Waals surface area (Å²) in [6.45, 7) is 0.510. The number of para-hydroxylation sites is 1. The minimum Gasteiger partial charge on any atom is -0.337 e. The normalized spacial score (nSPS) is 10.9. The van der Waals surface area contributed by atoms with Crippen molar-refractivity contribution in [2.75, 3.05) is 5.32 Å². The number of nitrogens with one attached hydrogen (secondary N) is 1. The van der Waals surface area contributed by atoms with Gasteiger partial charge in [0.25, 0.3) is 0 Å². The van der Waals surface area contributed by atoms with Crippen molar-refractivity contribution in [1.29, 1.82) is 0 Å². The van der Waals surface area contributed by atoms with Gasteiger partial charge in [0.15, 0.2) is 11.5 Å². The topological polar surface area (TPSA) is 68.2 Å². The van der Waals surface area contributed by atoms with E-state index in [1.807, 2.05) is 65.3 Å². The summed E-state index contributed by atoms with van der Waals surface area (Å²) in [5, 5.41) is 3.35. The molecule has 0 atom stereocenters. The molecule has 2 aromatic heterocycles. The van der Waals surface area contributed by atoms with Gasteiger partial charge in [0.1, 0.15) is 0 Å². The number of aromatic nitrogens is 3. The Labute approximate surface area is 139 Å². The minimum atomic E-state index is 0.510. The summed E-state index contributed by atoms with van der Waals surface area (Å²) < 4.78 is 1.97. The summed E-state index contributed by atoms with van der Waals surface area (Å²) in [6.07, 6.45) is 5.67. The average molecular weight is 315 g/mol. The Hall–Kier alpha value is -3.18. The van der Waals surface area contributed by atoms with Gasteiger partial charge < -0.3 is 15.5 Å². The zero-order valence-electron chi connectivity index (χ0n) is 13.1. The molecule has 5 nitrogen and oxygen atoms in total. The van der Waals surface area contributed by atoms with E-state index in [1.165, 1.54) is 0 Å². The van der Waals surface area contributed by atoms with Crippen molar-refractivity contribution in [1.82, 2.24) is 14.4 Å².